The molecule has 4 N–H and O–H groups in total. The van der Waals surface area contributed by atoms with Gasteiger partial charge in [-0.15, -0.1) is 0 Å². The van der Waals surface area contributed by atoms with Crippen LogP contribution in [0.4, 0.5) is 13.6 Å². The van der Waals surface area contributed by atoms with Gasteiger partial charge in [-0.3, -0.25) is 4.90 Å². The van der Waals surface area contributed by atoms with Crippen LogP contribution in [0.2, 0.25) is 0 Å². The minimum absolute atomic E-state index is 0.0193. The molecule has 2 heterocycles. The predicted octanol–water partition coefficient (Wildman–Crippen LogP) is 4.77. The first-order valence-electron chi connectivity index (χ1n) is 14.9. The highest BCUT2D eigenvalue weighted by Gasteiger charge is 2.43. The third-order valence-corrected chi connectivity index (χ3v) is 7.74. The van der Waals surface area contributed by atoms with E-state index in [9.17, 15) is 23.8 Å². The minimum atomic E-state index is -1.29. The molecule has 3 aromatic rings. The molecule has 240 valence electrons. The topological polar surface area (TPSA) is 117 Å². The number of carbonyl (C=O) groups is 1. The number of aliphatic hydroxyl groups excluding tert-OH is 2. The molecule has 2 aromatic carbocycles. The molecule has 0 saturated carbocycles. The molecule has 1 saturated heterocycles. The van der Waals surface area contributed by atoms with Gasteiger partial charge in [0.15, 0.2) is 0 Å². The van der Waals surface area contributed by atoms with E-state index in [0.717, 1.165) is 23.8 Å². The number of halogens is 2. The summed E-state index contributed by atoms with van der Waals surface area (Å²) in [5, 5.41) is 21.5. The van der Waals surface area contributed by atoms with Crippen molar-refractivity contribution in [3.63, 3.8) is 0 Å². The van der Waals surface area contributed by atoms with Crippen molar-refractivity contribution in [2.45, 2.75) is 72.0 Å². The monoisotopic (exact) mass is 613 g/mol. The van der Waals surface area contributed by atoms with Gasteiger partial charge in [0, 0.05) is 49.9 Å². The van der Waals surface area contributed by atoms with Gasteiger partial charge in [0.2, 0.25) is 0 Å². The first kappa shape index (κ1) is 33.5. The molecule has 9 nitrogen and oxygen atoms in total. The lowest BCUT2D eigenvalue weighted by Gasteiger charge is -2.43. The molecule has 0 spiro atoms. The van der Waals surface area contributed by atoms with Crippen LogP contribution >= 0.6 is 0 Å². The van der Waals surface area contributed by atoms with E-state index >= 15 is 0 Å². The summed E-state index contributed by atoms with van der Waals surface area (Å²) in [7, 11) is 0. The fourth-order valence-electron chi connectivity index (χ4n) is 5.75. The molecule has 1 aliphatic heterocycles. The maximum absolute atomic E-state index is 15.0. The maximum atomic E-state index is 15.0. The van der Waals surface area contributed by atoms with Crippen LogP contribution in [0.3, 0.4) is 0 Å². The second kappa shape index (κ2) is 13.3. The van der Waals surface area contributed by atoms with E-state index in [1.807, 2.05) is 55.7 Å². The molecule has 1 aromatic heterocycles. The van der Waals surface area contributed by atoms with Gasteiger partial charge < -0.3 is 30.2 Å². The maximum Gasteiger partial charge on any atom is 0.410 e. The van der Waals surface area contributed by atoms with Gasteiger partial charge in [-0.25, -0.2) is 18.6 Å². The van der Waals surface area contributed by atoms with E-state index in [4.69, 9.17) is 15.5 Å². The summed E-state index contributed by atoms with van der Waals surface area (Å²) in [5.74, 6) is -0.953. The molecule has 0 aliphatic carbocycles. The fourth-order valence-corrected chi connectivity index (χ4v) is 5.75. The van der Waals surface area contributed by atoms with Crippen molar-refractivity contribution in [1.82, 2.24) is 19.4 Å². The molecule has 11 heteroatoms. The number of carbonyl (C=O) groups excluding carboxylic acids is 1. The summed E-state index contributed by atoms with van der Waals surface area (Å²) in [6.07, 6.45) is -0.0657. The molecular formula is C33H45F2N5O4. The third-order valence-electron chi connectivity index (χ3n) is 7.74. The van der Waals surface area contributed by atoms with Crippen molar-refractivity contribution in [3.05, 3.63) is 77.8 Å². The Morgan fingerprint density at radius 1 is 1.11 bits per heavy atom. The van der Waals surface area contributed by atoms with Crippen LogP contribution in [0, 0.1) is 23.0 Å². The Kier molecular flexibility index (Phi) is 10.1. The predicted molar refractivity (Wildman–Crippen MR) is 164 cm³/mol. The number of nitrogens with two attached hydrogens (primary N) is 1. The Morgan fingerprint density at radius 3 is 2.41 bits per heavy atom. The number of rotatable bonds is 9. The van der Waals surface area contributed by atoms with Crippen LogP contribution in [0.15, 0.2) is 54.7 Å². The average Bonchev–Trinajstić information content (AvgIpc) is 3.51. The Bertz CT molecular complexity index is 1420. The van der Waals surface area contributed by atoms with Gasteiger partial charge in [-0.2, -0.15) is 0 Å². The number of nitrogens with zero attached hydrogens (tertiary/aromatic N) is 4. The van der Waals surface area contributed by atoms with Crippen molar-refractivity contribution in [1.29, 1.82) is 0 Å². The summed E-state index contributed by atoms with van der Waals surface area (Å²) in [4.78, 5) is 21.0. The second-order valence-electron chi connectivity index (χ2n) is 13.7. The number of hydrogen-bond donors (Lipinski definition) is 3. The van der Waals surface area contributed by atoms with E-state index in [2.05, 4.69) is 0 Å². The van der Waals surface area contributed by atoms with E-state index < -0.39 is 53.7 Å². The van der Waals surface area contributed by atoms with Crippen LogP contribution < -0.4 is 5.73 Å². The molecule has 1 aliphatic rings. The third kappa shape index (κ3) is 8.01. The average molecular weight is 614 g/mol. The van der Waals surface area contributed by atoms with Crippen molar-refractivity contribution >= 4 is 6.09 Å². The number of ether oxygens (including phenoxy) is 1. The molecule has 4 rings (SSSR count). The molecule has 0 bridgehead atoms. The van der Waals surface area contributed by atoms with Crippen molar-refractivity contribution in [3.8, 4) is 11.3 Å². The summed E-state index contributed by atoms with van der Waals surface area (Å²) in [6, 6.07) is 11.9. The zero-order chi connectivity index (χ0) is 32.4. The number of amides is 1. The molecule has 1 fully saturated rings. The summed E-state index contributed by atoms with van der Waals surface area (Å²) < 4.78 is 36.6. The summed E-state index contributed by atoms with van der Waals surface area (Å²) >= 11 is 0. The molecule has 4 atom stereocenters. The Morgan fingerprint density at radius 2 is 1.80 bits per heavy atom. The Balaban J connectivity index is 1.77. The number of aromatic nitrogens is 2. The van der Waals surface area contributed by atoms with Gasteiger partial charge in [0.05, 0.1) is 18.3 Å². The Hall–Kier alpha value is -3.38. The van der Waals surface area contributed by atoms with Crippen molar-refractivity contribution in [2.24, 2.45) is 17.1 Å². The van der Waals surface area contributed by atoms with Gasteiger partial charge in [-0.05, 0) is 49.9 Å². The van der Waals surface area contributed by atoms with E-state index in [1.54, 1.807) is 36.8 Å². The van der Waals surface area contributed by atoms with Gasteiger partial charge in [0.25, 0.3) is 0 Å². The molecule has 3 unspecified atom stereocenters. The number of benzene rings is 2. The SMILES string of the molecule is CC(C)(C)OC(=O)N1CC(N)C(CN(C(O)CO)[C@@H](c2nc(-c3cc(F)ccc3F)cn2Cc2ccccc2)C(C)(C)C)C1. The first-order chi connectivity index (χ1) is 20.6. The smallest absolute Gasteiger partial charge is 0.410 e. The lowest BCUT2D eigenvalue weighted by Crippen LogP contribution is -2.50. The van der Waals surface area contributed by atoms with Gasteiger partial charge in [-0.1, -0.05) is 51.1 Å². The number of hydrogen-bond acceptors (Lipinski definition) is 7. The fraction of sp³-hybridized carbons (Fsp3) is 0.515. The number of imidazole rings is 1. The lowest BCUT2D eigenvalue weighted by molar-refractivity contribution is -0.0918. The van der Waals surface area contributed by atoms with Crippen LogP contribution in [0.1, 0.15) is 59.0 Å². The summed E-state index contributed by atoms with van der Waals surface area (Å²) in [5.41, 5.74) is 6.53. The minimum Gasteiger partial charge on any atom is -0.444 e. The second-order valence-corrected chi connectivity index (χ2v) is 13.7. The molecule has 1 amide bonds. The highest BCUT2D eigenvalue weighted by molar-refractivity contribution is 5.68. The van der Waals surface area contributed by atoms with Crippen molar-refractivity contribution < 1.29 is 28.5 Å². The first-order valence-corrected chi connectivity index (χ1v) is 14.9. The Labute approximate surface area is 258 Å². The zero-order valence-corrected chi connectivity index (χ0v) is 26.4. The van der Waals surface area contributed by atoms with Gasteiger partial charge in [0.1, 0.15) is 29.3 Å². The number of likely N-dealkylation sites (tertiary alicyclic amines) is 1. The van der Waals surface area contributed by atoms with E-state index in [-0.39, 0.29) is 30.3 Å². The normalized spacial score (nSPS) is 19.0. The van der Waals surface area contributed by atoms with Gasteiger partial charge >= 0.3 is 6.09 Å². The lowest BCUT2D eigenvalue weighted by atomic mass is 9.84. The van der Waals surface area contributed by atoms with E-state index in [0.29, 0.717) is 18.9 Å². The van der Waals surface area contributed by atoms with Crippen LogP contribution in [0.25, 0.3) is 11.3 Å². The highest BCUT2D eigenvalue weighted by Crippen LogP contribution is 2.41. The largest absolute Gasteiger partial charge is 0.444 e. The molecule has 0 radical (unpaired) electrons. The van der Waals surface area contributed by atoms with Crippen LogP contribution in [-0.4, -0.2) is 79.8 Å². The summed E-state index contributed by atoms with van der Waals surface area (Å²) in [6.45, 7) is 12.0. The highest BCUT2D eigenvalue weighted by atomic mass is 19.1. The van der Waals surface area contributed by atoms with Crippen molar-refractivity contribution in [2.75, 3.05) is 26.2 Å². The zero-order valence-electron chi connectivity index (χ0n) is 26.4. The van der Waals surface area contributed by atoms with Crippen LogP contribution in [-0.2, 0) is 11.3 Å². The quantitative estimate of drug-likeness (QED) is 0.298. The molecule has 44 heavy (non-hydrogen) atoms. The van der Waals surface area contributed by atoms with Crippen LogP contribution in [0.5, 0.6) is 0 Å². The van der Waals surface area contributed by atoms with E-state index in [1.165, 1.54) is 0 Å². The molecular weight excluding hydrogens is 568 g/mol. The number of aliphatic hydroxyl groups is 2. The standard InChI is InChI=1S/C33H45F2N5O4/c1-32(2,3)29(40(28(42)20-41)17-22-16-39(18-26(22)36)31(43)44-33(4,5)6)30-37-27(24-14-23(34)12-13-25(24)35)19-38(30)15-21-10-8-7-9-11-21/h7-14,19,22,26,28-29,41-42H,15-18,20,36H2,1-6H3/t22?,26?,28?,29-/m0/s1.